The largest absolute Gasteiger partial charge is 0.506 e. The highest BCUT2D eigenvalue weighted by Crippen LogP contribution is 2.30. The van der Waals surface area contributed by atoms with Crippen molar-refractivity contribution in [3.05, 3.63) is 39.2 Å². The van der Waals surface area contributed by atoms with Crippen molar-refractivity contribution in [2.75, 3.05) is 23.4 Å². The summed E-state index contributed by atoms with van der Waals surface area (Å²) >= 11 is 9.20. The molecule has 2 heterocycles. The number of hydrazone groups is 1. The molecule has 1 aliphatic heterocycles. The fourth-order valence-corrected chi connectivity index (χ4v) is 3.42. The third kappa shape index (κ3) is 4.38. The molecule has 0 amide bonds. The molecule has 1 fully saturated rings. The van der Waals surface area contributed by atoms with Crippen molar-refractivity contribution in [3.63, 3.8) is 0 Å². The highest BCUT2D eigenvalue weighted by atomic mass is 79.9. The second-order valence-corrected chi connectivity index (χ2v) is 6.93. The molecule has 132 valence electrons. The molecule has 0 atom stereocenters. The fourth-order valence-electron chi connectivity index (χ4n) is 2.58. The number of aromatic nitrogens is 2. The number of nitrogens with one attached hydrogen (secondary N) is 1. The lowest BCUT2D eigenvalue weighted by Crippen LogP contribution is -2.31. The molecule has 0 bridgehead atoms. The van der Waals surface area contributed by atoms with Gasteiger partial charge in [0.1, 0.15) is 5.75 Å². The van der Waals surface area contributed by atoms with Gasteiger partial charge in [-0.1, -0.05) is 27.5 Å². The van der Waals surface area contributed by atoms with E-state index >= 15 is 0 Å². The van der Waals surface area contributed by atoms with Gasteiger partial charge < -0.3 is 10.0 Å². The number of benzene rings is 1. The maximum Gasteiger partial charge on any atom is 0.245 e. The first kappa shape index (κ1) is 17.9. The second-order valence-electron chi connectivity index (χ2n) is 5.61. The summed E-state index contributed by atoms with van der Waals surface area (Å²) in [5, 5.41) is 14.1. The van der Waals surface area contributed by atoms with Gasteiger partial charge in [0.2, 0.25) is 5.95 Å². The van der Waals surface area contributed by atoms with Crippen molar-refractivity contribution in [2.24, 2.45) is 5.10 Å². The Balaban J connectivity index is 1.75. The van der Waals surface area contributed by atoms with Crippen LogP contribution < -0.4 is 10.3 Å². The molecular formula is C16H16BrClFN5O. The van der Waals surface area contributed by atoms with Crippen LogP contribution in [0.3, 0.4) is 0 Å². The van der Waals surface area contributed by atoms with Gasteiger partial charge in [0.15, 0.2) is 11.6 Å². The average molecular weight is 429 g/mol. The number of hydrogen-bond acceptors (Lipinski definition) is 6. The lowest BCUT2D eigenvalue weighted by atomic mass is 10.1. The van der Waals surface area contributed by atoms with Crippen LogP contribution in [0.25, 0.3) is 0 Å². The Bertz CT molecular complexity index is 798. The van der Waals surface area contributed by atoms with Crippen molar-refractivity contribution in [1.29, 1.82) is 0 Å². The maximum atomic E-state index is 14.0. The summed E-state index contributed by atoms with van der Waals surface area (Å²) in [6.07, 6.45) is 5.71. The summed E-state index contributed by atoms with van der Waals surface area (Å²) in [5.74, 6) is -0.0724. The molecule has 3 rings (SSSR count). The van der Waals surface area contributed by atoms with Crippen LogP contribution >= 0.6 is 27.5 Å². The maximum absolute atomic E-state index is 14.0. The summed E-state index contributed by atoms with van der Waals surface area (Å²) < 4.78 is 14.7. The molecule has 1 saturated heterocycles. The molecule has 25 heavy (non-hydrogen) atoms. The minimum Gasteiger partial charge on any atom is -0.506 e. The highest BCUT2D eigenvalue weighted by Gasteiger charge is 2.17. The first-order valence-corrected chi connectivity index (χ1v) is 8.96. The molecule has 0 spiro atoms. The van der Waals surface area contributed by atoms with Gasteiger partial charge in [0, 0.05) is 23.1 Å². The monoisotopic (exact) mass is 427 g/mol. The lowest BCUT2D eigenvalue weighted by Gasteiger charge is -2.27. The summed E-state index contributed by atoms with van der Waals surface area (Å²) in [6, 6.07) is 3.24. The van der Waals surface area contributed by atoms with Gasteiger partial charge in [-0.15, -0.1) is 0 Å². The van der Waals surface area contributed by atoms with Crippen LogP contribution in [-0.4, -0.2) is 34.4 Å². The number of hydrogen-bond donors (Lipinski definition) is 2. The Hall–Kier alpha value is -1.93. The zero-order chi connectivity index (χ0) is 17.8. The van der Waals surface area contributed by atoms with E-state index in [1.807, 2.05) is 4.90 Å². The van der Waals surface area contributed by atoms with Gasteiger partial charge in [-0.25, -0.2) is 14.8 Å². The van der Waals surface area contributed by atoms with E-state index in [4.69, 9.17) is 11.6 Å². The number of nitrogens with zero attached hydrogens (tertiary/aromatic N) is 4. The quantitative estimate of drug-likeness (QED) is 0.565. The van der Waals surface area contributed by atoms with Crippen LogP contribution in [0.1, 0.15) is 24.8 Å². The van der Waals surface area contributed by atoms with Crippen LogP contribution in [-0.2, 0) is 0 Å². The molecule has 0 saturated carbocycles. The van der Waals surface area contributed by atoms with Crippen molar-refractivity contribution in [3.8, 4) is 5.75 Å². The zero-order valence-electron chi connectivity index (χ0n) is 13.2. The highest BCUT2D eigenvalue weighted by molar-refractivity contribution is 9.10. The van der Waals surface area contributed by atoms with Crippen LogP contribution in [0.5, 0.6) is 5.75 Å². The van der Waals surface area contributed by atoms with Crippen LogP contribution in [0.4, 0.5) is 16.2 Å². The van der Waals surface area contributed by atoms with E-state index < -0.39 is 5.82 Å². The Morgan fingerprint density at radius 1 is 1.32 bits per heavy atom. The minimum atomic E-state index is -0.451. The lowest BCUT2D eigenvalue weighted by molar-refractivity contribution is 0.474. The number of phenolic OH excluding ortho intramolecular Hbond substituents is 1. The van der Waals surface area contributed by atoms with E-state index in [0.29, 0.717) is 10.0 Å². The molecule has 1 aliphatic rings. The molecule has 0 unspecified atom stereocenters. The standard InChI is InChI=1S/C16H16BrClFN5O/c17-11-6-10(14(25)12(18)7-11)8-21-23-16-20-9-13(19)15(22-16)24-4-2-1-3-5-24/h6-9,25H,1-5H2,(H,20,22,23)/b21-8+. The van der Waals surface area contributed by atoms with Crippen LogP contribution in [0.15, 0.2) is 27.9 Å². The number of halogens is 3. The SMILES string of the molecule is Oc1c(Cl)cc(Br)cc1/C=N/Nc1ncc(F)c(N2CCCCC2)n1. The van der Waals surface area contributed by atoms with Crippen molar-refractivity contribution in [1.82, 2.24) is 9.97 Å². The summed E-state index contributed by atoms with van der Waals surface area (Å²) in [6.45, 7) is 1.56. The molecule has 9 heteroatoms. The van der Waals surface area contributed by atoms with E-state index in [-0.39, 0.29) is 22.5 Å². The predicted octanol–water partition coefficient (Wildman–Crippen LogP) is 4.17. The smallest absolute Gasteiger partial charge is 0.245 e. The van der Waals surface area contributed by atoms with E-state index in [9.17, 15) is 9.50 Å². The summed E-state index contributed by atoms with van der Waals surface area (Å²) in [5.41, 5.74) is 3.07. The van der Waals surface area contributed by atoms with Gasteiger partial charge in [-0.2, -0.15) is 10.1 Å². The van der Waals surface area contributed by atoms with Crippen molar-refractivity contribution < 1.29 is 9.50 Å². The van der Waals surface area contributed by atoms with Crippen molar-refractivity contribution in [2.45, 2.75) is 19.3 Å². The zero-order valence-corrected chi connectivity index (χ0v) is 15.6. The van der Waals surface area contributed by atoms with Gasteiger partial charge >= 0.3 is 0 Å². The Labute approximate surface area is 157 Å². The average Bonchev–Trinajstić information content (AvgIpc) is 2.61. The molecule has 1 aromatic carbocycles. The molecule has 2 N–H and O–H groups in total. The number of piperidine rings is 1. The van der Waals surface area contributed by atoms with E-state index in [0.717, 1.165) is 38.5 Å². The van der Waals surface area contributed by atoms with Gasteiger partial charge in [0.25, 0.3) is 0 Å². The third-order valence-electron chi connectivity index (χ3n) is 3.81. The number of phenols is 1. The molecule has 1 aromatic heterocycles. The van der Waals surface area contributed by atoms with E-state index in [2.05, 4.69) is 36.4 Å². The summed E-state index contributed by atoms with van der Waals surface area (Å²) in [4.78, 5) is 10.0. The predicted molar refractivity (Wildman–Crippen MR) is 100 cm³/mol. The van der Waals surface area contributed by atoms with Gasteiger partial charge in [-0.3, -0.25) is 0 Å². The molecule has 2 aromatic rings. The Kier molecular flexibility index (Phi) is 5.70. The van der Waals surface area contributed by atoms with Gasteiger partial charge in [-0.05, 0) is 31.4 Å². The Morgan fingerprint density at radius 3 is 2.84 bits per heavy atom. The second kappa shape index (κ2) is 7.97. The first-order valence-electron chi connectivity index (χ1n) is 7.79. The molecule has 0 aliphatic carbocycles. The number of rotatable bonds is 4. The first-order chi connectivity index (χ1) is 12.0. The topological polar surface area (TPSA) is 73.6 Å². The van der Waals surface area contributed by atoms with Crippen LogP contribution in [0.2, 0.25) is 5.02 Å². The molecule has 6 nitrogen and oxygen atoms in total. The minimum absolute atomic E-state index is 0.0792. The Morgan fingerprint density at radius 2 is 2.08 bits per heavy atom. The third-order valence-corrected chi connectivity index (χ3v) is 4.55. The van der Waals surface area contributed by atoms with Crippen LogP contribution in [0, 0.1) is 5.82 Å². The number of aromatic hydroxyl groups is 1. The molecule has 0 radical (unpaired) electrons. The van der Waals surface area contributed by atoms with Gasteiger partial charge in [0.05, 0.1) is 17.4 Å². The van der Waals surface area contributed by atoms with Crippen molar-refractivity contribution >= 4 is 45.5 Å². The fraction of sp³-hybridized carbons (Fsp3) is 0.312. The normalized spacial score (nSPS) is 14.9. The molecular weight excluding hydrogens is 413 g/mol. The van der Waals surface area contributed by atoms with E-state index in [1.54, 1.807) is 12.1 Å². The van der Waals surface area contributed by atoms with E-state index in [1.165, 1.54) is 6.21 Å². The number of anilines is 2. The summed E-state index contributed by atoms with van der Waals surface area (Å²) in [7, 11) is 0.